The van der Waals surface area contributed by atoms with Crippen LogP contribution in [0.15, 0.2) is 0 Å². The van der Waals surface area contributed by atoms with Crippen LogP contribution in [0, 0.1) is 17.8 Å². The number of hydrogen-bond donors (Lipinski definition) is 2. The third-order valence-corrected chi connectivity index (χ3v) is 4.29. The lowest BCUT2D eigenvalue weighted by atomic mass is 9.49. The summed E-state index contributed by atoms with van der Waals surface area (Å²) in [4.78, 5) is 0. The molecule has 1 aliphatic rings. The van der Waals surface area contributed by atoms with Crippen LogP contribution >= 0.6 is 0 Å². The second-order valence-electron chi connectivity index (χ2n) is 5.49. The summed E-state index contributed by atoms with van der Waals surface area (Å²) < 4.78 is 0. The highest BCUT2D eigenvalue weighted by Gasteiger charge is 2.59. The normalized spacial score (nSPS) is 47.5. The highest BCUT2D eigenvalue weighted by atomic mass is 15.0. The molecule has 4 N–H and O–H groups in total. The molecule has 0 radical (unpaired) electrons. The Hall–Kier alpha value is -0.0800. The predicted molar refractivity (Wildman–Crippen MR) is 57.3 cm³/mol. The molecule has 1 aliphatic carbocycles. The first-order valence-corrected chi connectivity index (χ1v) is 5.31. The first-order valence-electron chi connectivity index (χ1n) is 5.31. The fourth-order valence-corrected chi connectivity index (χ4v) is 2.93. The summed E-state index contributed by atoms with van der Waals surface area (Å²) in [6.07, 6.45) is 1.06. The molecule has 0 heterocycles. The minimum Gasteiger partial charge on any atom is -0.324 e. The smallest absolute Gasteiger partial charge is 0.0389 e. The summed E-state index contributed by atoms with van der Waals surface area (Å²) in [6, 6.07) is 0. The van der Waals surface area contributed by atoms with Crippen LogP contribution in [0.3, 0.4) is 0 Å². The SMILES string of the molecule is CC(C)C(C)C1(N)C(C)CC1(C)N. The second-order valence-corrected chi connectivity index (χ2v) is 5.49. The van der Waals surface area contributed by atoms with Crippen molar-refractivity contribution in [3.8, 4) is 0 Å². The maximum atomic E-state index is 6.44. The summed E-state index contributed by atoms with van der Waals surface area (Å²) in [5.41, 5.74) is 12.3. The van der Waals surface area contributed by atoms with Gasteiger partial charge in [-0.15, -0.1) is 0 Å². The summed E-state index contributed by atoms with van der Waals surface area (Å²) in [5, 5.41) is 0. The molecule has 2 heteroatoms. The largest absolute Gasteiger partial charge is 0.324 e. The van der Waals surface area contributed by atoms with E-state index in [9.17, 15) is 0 Å². The molecule has 1 saturated carbocycles. The highest BCUT2D eigenvalue weighted by molar-refractivity contribution is 5.19. The van der Waals surface area contributed by atoms with Crippen molar-refractivity contribution < 1.29 is 0 Å². The predicted octanol–water partition coefficient (Wildman–Crippen LogP) is 1.73. The van der Waals surface area contributed by atoms with Crippen LogP contribution in [-0.4, -0.2) is 11.1 Å². The molecule has 0 aromatic carbocycles. The van der Waals surface area contributed by atoms with Crippen molar-refractivity contribution in [3.05, 3.63) is 0 Å². The van der Waals surface area contributed by atoms with Crippen molar-refractivity contribution in [1.82, 2.24) is 0 Å². The Labute approximate surface area is 82.1 Å². The van der Waals surface area contributed by atoms with Crippen molar-refractivity contribution >= 4 is 0 Å². The van der Waals surface area contributed by atoms with Crippen LogP contribution in [-0.2, 0) is 0 Å². The van der Waals surface area contributed by atoms with Gasteiger partial charge < -0.3 is 11.5 Å². The zero-order valence-electron chi connectivity index (χ0n) is 9.59. The molecule has 0 saturated heterocycles. The van der Waals surface area contributed by atoms with Gasteiger partial charge in [-0.3, -0.25) is 0 Å². The van der Waals surface area contributed by atoms with Crippen molar-refractivity contribution in [2.75, 3.05) is 0 Å². The zero-order chi connectivity index (χ0) is 10.4. The zero-order valence-corrected chi connectivity index (χ0v) is 9.59. The fraction of sp³-hybridized carbons (Fsp3) is 1.00. The molecule has 0 aromatic rings. The minimum atomic E-state index is -0.171. The molecular weight excluding hydrogens is 160 g/mol. The van der Waals surface area contributed by atoms with E-state index >= 15 is 0 Å². The first-order chi connectivity index (χ1) is 5.73. The molecule has 0 bridgehead atoms. The number of hydrogen-bond acceptors (Lipinski definition) is 2. The van der Waals surface area contributed by atoms with E-state index in [1.165, 1.54) is 0 Å². The van der Waals surface area contributed by atoms with Gasteiger partial charge in [-0.25, -0.2) is 0 Å². The monoisotopic (exact) mass is 184 g/mol. The van der Waals surface area contributed by atoms with Crippen molar-refractivity contribution in [1.29, 1.82) is 0 Å². The molecular formula is C11H24N2. The van der Waals surface area contributed by atoms with Gasteiger partial charge in [0, 0.05) is 11.1 Å². The lowest BCUT2D eigenvalue weighted by Gasteiger charge is -2.62. The van der Waals surface area contributed by atoms with Crippen molar-refractivity contribution in [2.24, 2.45) is 29.2 Å². The molecule has 0 amide bonds. The molecule has 0 aliphatic heterocycles. The molecule has 4 atom stereocenters. The van der Waals surface area contributed by atoms with E-state index in [0.717, 1.165) is 6.42 Å². The fourth-order valence-electron chi connectivity index (χ4n) is 2.93. The Morgan fingerprint density at radius 3 is 1.85 bits per heavy atom. The van der Waals surface area contributed by atoms with Gasteiger partial charge in [-0.2, -0.15) is 0 Å². The van der Waals surface area contributed by atoms with Gasteiger partial charge in [0.15, 0.2) is 0 Å². The van der Waals surface area contributed by atoms with Crippen LogP contribution in [0.2, 0.25) is 0 Å². The summed E-state index contributed by atoms with van der Waals surface area (Å²) in [7, 11) is 0. The average Bonchev–Trinajstić information content (AvgIpc) is 2.00. The minimum absolute atomic E-state index is 0.166. The van der Waals surface area contributed by atoms with E-state index in [4.69, 9.17) is 11.5 Å². The van der Waals surface area contributed by atoms with Gasteiger partial charge in [0.25, 0.3) is 0 Å². The van der Waals surface area contributed by atoms with Crippen LogP contribution in [0.25, 0.3) is 0 Å². The third-order valence-electron chi connectivity index (χ3n) is 4.29. The summed E-state index contributed by atoms with van der Waals surface area (Å²) in [6.45, 7) is 11.0. The Morgan fingerprint density at radius 2 is 1.69 bits per heavy atom. The molecule has 0 spiro atoms. The maximum Gasteiger partial charge on any atom is 0.0389 e. The molecule has 1 fully saturated rings. The Bertz CT molecular complexity index is 198. The quantitative estimate of drug-likeness (QED) is 0.686. The van der Waals surface area contributed by atoms with Gasteiger partial charge in [-0.05, 0) is 31.1 Å². The Morgan fingerprint density at radius 1 is 1.23 bits per heavy atom. The molecule has 0 aromatic heterocycles. The third kappa shape index (κ3) is 1.31. The van der Waals surface area contributed by atoms with E-state index in [1.807, 2.05) is 0 Å². The topological polar surface area (TPSA) is 52.0 Å². The number of nitrogens with two attached hydrogens (primary N) is 2. The van der Waals surface area contributed by atoms with Gasteiger partial charge in [0.1, 0.15) is 0 Å². The summed E-state index contributed by atoms with van der Waals surface area (Å²) >= 11 is 0. The van der Waals surface area contributed by atoms with Crippen LogP contribution in [0.1, 0.15) is 41.0 Å². The molecule has 4 unspecified atom stereocenters. The van der Waals surface area contributed by atoms with Crippen molar-refractivity contribution in [3.63, 3.8) is 0 Å². The molecule has 2 nitrogen and oxygen atoms in total. The Kier molecular flexibility index (Phi) is 2.50. The maximum absolute atomic E-state index is 6.44. The van der Waals surface area contributed by atoms with Gasteiger partial charge in [0.2, 0.25) is 0 Å². The van der Waals surface area contributed by atoms with E-state index in [-0.39, 0.29) is 11.1 Å². The van der Waals surface area contributed by atoms with E-state index in [2.05, 4.69) is 34.6 Å². The van der Waals surface area contributed by atoms with E-state index < -0.39 is 0 Å². The Balaban J connectivity index is 2.86. The molecule has 13 heavy (non-hydrogen) atoms. The van der Waals surface area contributed by atoms with Gasteiger partial charge >= 0.3 is 0 Å². The van der Waals surface area contributed by atoms with Crippen LogP contribution in [0.5, 0.6) is 0 Å². The lowest BCUT2D eigenvalue weighted by Crippen LogP contribution is -2.79. The highest BCUT2D eigenvalue weighted by Crippen LogP contribution is 2.49. The van der Waals surface area contributed by atoms with Gasteiger partial charge in [0.05, 0.1) is 0 Å². The van der Waals surface area contributed by atoms with Crippen LogP contribution in [0.4, 0.5) is 0 Å². The molecule has 78 valence electrons. The van der Waals surface area contributed by atoms with E-state index in [0.29, 0.717) is 17.8 Å². The van der Waals surface area contributed by atoms with E-state index in [1.54, 1.807) is 0 Å². The summed E-state index contributed by atoms with van der Waals surface area (Å²) in [5.74, 6) is 1.65. The molecule has 1 rings (SSSR count). The van der Waals surface area contributed by atoms with Crippen LogP contribution < -0.4 is 11.5 Å². The second kappa shape index (κ2) is 2.96. The first kappa shape index (κ1) is 11.0. The standard InChI is InChI=1S/C11H24N2/c1-7(2)9(4)11(13)8(3)6-10(11,5)12/h7-9H,6,12-13H2,1-5H3. The van der Waals surface area contributed by atoms with Gasteiger partial charge in [-0.1, -0.05) is 27.7 Å². The average molecular weight is 184 g/mol. The lowest BCUT2D eigenvalue weighted by molar-refractivity contribution is -0.0314. The van der Waals surface area contributed by atoms with Crippen molar-refractivity contribution in [2.45, 2.75) is 52.1 Å². The number of rotatable bonds is 2.